The zero-order valence-electron chi connectivity index (χ0n) is 39.8. The van der Waals surface area contributed by atoms with E-state index in [4.69, 9.17) is 4.74 Å². The standard InChI is InChI=1S/C55H95NO5/c1-4-7-10-13-16-19-21-23-25-26-27-28-29-31-33-36-39-42-45-48-55(60)61-51(46-43-40-37-35-32-30-24-22-20-17-14-11-8-5-2)49-54(59)56-52(50-57)53(58)47-44-41-38-34-18-15-12-9-6-3/h7,10,16,19,23,25,27-28,30-33,39,42,51-53,57-58H,4-6,8-9,11-15,17-18,20-22,24,26,29,34-38,40-41,43-50H2,1-3H3,(H,56,59)/b10-7-,19-16-,25-23-,28-27-,32-30+,33-31-,42-39-. The molecule has 61 heavy (non-hydrogen) atoms. The number of nitrogens with one attached hydrogen (secondary N) is 1. The molecule has 0 bridgehead atoms. The van der Waals surface area contributed by atoms with Crippen molar-refractivity contribution < 1.29 is 24.5 Å². The molecule has 6 heteroatoms. The van der Waals surface area contributed by atoms with E-state index >= 15 is 0 Å². The normalized spacial score (nSPS) is 14.0. The lowest BCUT2D eigenvalue weighted by Crippen LogP contribution is -2.46. The molecule has 350 valence electrons. The summed E-state index contributed by atoms with van der Waals surface area (Å²) in [6.45, 7) is 6.32. The lowest BCUT2D eigenvalue weighted by atomic mass is 10.0. The van der Waals surface area contributed by atoms with Gasteiger partial charge in [0.2, 0.25) is 5.91 Å². The van der Waals surface area contributed by atoms with Crippen molar-refractivity contribution in [2.24, 2.45) is 0 Å². The van der Waals surface area contributed by atoms with Crippen molar-refractivity contribution >= 4 is 11.9 Å². The highest BCUT2D eigenvalue weighted by molar-refractivity contribution is 5.77. The molecule has 3 atom stereocenters. The lowest BCUT2D eigenvalue weighted by Gasteiger charge is -2.24. The van der Waals surface area contributed by atoms with Gasteiger partial charge in [0.15, 0.2) is 0 Å². The maximum Gasteiger partial charge on any atom is 0.306 e. The molecule has 0 aliphatic heterocycles. The molecule has 3 N–H and O–H groups in total. The first-order chi connectivity index (χ1) is 30.0. The molecule has 0 rings (SSSR count). The number of allylic oxidation sites excluding steroid dienone is 14. The number of carbonyl (C=O) groups excluding carboxylic acids is 2. The Kier molecular flexibility index (Phi) is 45.7. The predicted molar refractivity (Wildman–Crippen MR) is 264 cm³/mol. The molecule has 0 aromatic heterocycles. The van der Waals surface area contributed by atoms with Gasteiger partial charge in [-0.1, -0.05) is 209 Å². The van der Waals surface area contributed by atoms with Crippen LogP contribution in [0.15, 0.2) is 85.1 Å². The summed E-state index contributed by atoms with van der Waals surface area (Å²) in [5.74, 6) is -0.594. The SMILES string of the molecule is CC/C=C\C/C=C\C/C=C\C/C=C\C/C=C\C/C=C\CCC(=O)OC(CCCCC/C=C/CCCCCCCCC)CC(=O)NC(CO)C(O)CCCCCCCCCCC. The second kappa shape index (κ2) is 48.1. The summed E-state index contributed by atoms with van der Waals surface area (Å²) >= 11 is 0. The monoisotopic (exact) mass is 850 g/mol. The number of aliphatic hydroxyl groups excluding tert-OH is 2. The number of ether oxygens (including phenoxy) is 1. The van der Waals surface area contributed by atoms with Gasteiger partial charge in [-0.05, 0) is 89.9 Å². The van der Waals surface area contributed by atoms with E-state index in [0.717, 1.165) is 89.9 Å². The Morgan fingerprint density at radius 3 is 1.36 bits per heavy atom. The summed E-state index contributed by atoms with van der Waals surface area (Å²) in [7, 11) is 0. The zero-order valence-corrected chi connectivity index (χ0v) is 39.8. The van der Waals surface area contributed by atoms with Crippen molar-refractivity contribution in [3.05, 3.63) is 85.1 Å². The number of hydrogen-bond donors (Lipinski definition) is 3. The molecular weight excluding hydrogens is 755 g/mol. The molecule has 0 aromatic carbocycles. The molecular formula is C55H95NO5. The average molecular weight is 850 g/mol. The molecule has 6 nitrogen and oxygen atoms in total. The predicted octanol–water partition coefficient (Wildman–Crippen LogP) is 15.2. The molecule has 3 unspecified atom stereocenters. The number of esters is 1. The smallest absolute Gasteiger partial charge is 0.306 e. The maximum atomic E-state index is 13.2. The van der Waals surface area contributed by atoms with Crippen LogP contribution in [0.3, 0.4) is 0 Å². The summed E-state index contributed by atoms with van der Waals surface area (Å²) < 4.78 is 5.88. The minimum absolute atomic E-state index is 0.0330. The largest absolute Gasteiger partial charge is 0.462 e. The first kappa shape index (κ1) is 58.0. The van der Waals surface area contributed by atoms with Gasteiger partial charge in [-0.15, -0.1) is 0 Å². The number of rotatable bonds is 44. The molecule has 0 radical (unpaired) electrons. The number of hydrogen-bond acceptors (Lipinski definition) is 5. The molecule has 0 heterocycles. The number of unbranched alkanes of at least 4 members (excludes halogenated alkanes) is 18. The number of carbonyl (C=O) groups is 2. The molecule has 0 aliphatic carbocycles. The van der Waals surface area contributed by atoms with Gasteiger partial charge in [0.1, 0.15) is 6.10 Å². The quantitative estimate of drug-likeness (QED) is 0.0322. The van der Waals surface area contributed by atoms with Crippen LogP contribution in [0.25, 0.3) is 0 Å². The van der Waals surface area contributed by atoms with Crippen LogP contribution in [0.4, 0.5) is 0 Å². The van der Waals surface area contributed by atoms with Gasteiger partial charge in [-0.25, -0.2) is 0 Å². The van der Waals surface area contributed by atoms with Crippen LogP contribution < -0.4 is 5.32 Å². The summed E-state index contributed by atoms with van der Waals surface area (Å²) in [5.41, 5.74) is 0. The summed E-state index contributed by atoms with van der Waals surface area (Å²) in [6, 6.07) is -0.723. The van der Waals surface area contributed by atoms with E-state index in [-0.39, 0.29) is 31.3 Å². The van der Waals surface area contributed by atoms with Crippen molar-refractivity contribution in [2.75, 3.05) is 6.61 Å². The molecule has 0 spiro atoms. The third kappa shape index (κ3) is 43.5. The Labute approximate surface area is 376 Å². The Morgan fingerprint density at radius 2 is 0.885 bits per heavy atom. The van der Waals surface area contributed by atoms with Crippen LogP contribution in [0.5, 0.6) is 0 Å². The van der Waals surface area contributed by atoms with E-state index < -0.39 is 18.2 Å². The first-order valence-corrected chi connectivity index (χ1v) is 25.3. The van der Waals surface area contributed by atoms with Crippen molar-refractivity contribution in [3.8, 4) is 0 Å². The van der Waals surface area contributed by atoms with Crippen LogP contribution in [-0.2, 0) is 14.3 Å². The van der Waals surface area contributed by atoms with Gasteiger partial charge in [-0.2, -0.15) is 0 Å². The van der Waals surface area contributed by atoms with Gasteiger partial charge in [0, 0.05) is 6.42 Å². The second-order valence-corrected chi connectivity index (χ2v) is 16.8. The molecule has 0 saturated heterocycles. The second-order valence-electron chi connectivity index (χ2n) is 16.8. The van der Waals surface area contributed by atoms with E-state index in [9.17, 15) is 19.8 Å². The number of aliphatic hydroxyl groups is 2. The van der Waals surface area contributed by atoms with Gasteiger partial charge < -0.3 is 20.3 Å². The average Bonchev–Trinajstić information content (AvgIpc) is 3.25. The fourth-order valence-corrected chi connectivity index (χ4v) is 7.16. The molecule has 0 fully saturated rings. The summed E-state index contributed by atoms with van der Waals surface area (Å²) in [4.78, 5) is 26.1. The van der Waals surface area contributed by atoms with E-state index in [1.807, 2.05) is 6.08 Å². The van der Waals surface area contributed by atoms with Crippen LogP contribution >= 0.6 is 0 Å². The topological polar surface area (TPSA) is 95.9 Å². The Bertz CT molecular complexity index is 1180. The van der Waals surface area contributed by atoms with Gasteiger partial charge in [0.05, 0.1) is 25.2 Å². The van der Waals surface area contributed by atoms with E-state index in [1.54, 1.807) is 0 Å². The van der Waals surface area contributed by atoms with Gasteiger partial charge >= 0.3 is 5.97 Å². The van der Waals surface area contributed by atoms with Crippen LogP contribution in [-0.4, -0.2) is 46.9 Å². The fourth-order valence-electron chi connectivity index (χ4n) is 7.16. The minimum atomic E-state index is -0.806. The van der Waals surface area contributed by atoms with Crippen molar-refractivity contribution in [3.63, 3.8) is 0 Å². The summed E-state index contributed by atoms with van der Waals surface area (Å²) in [6.07, 6.45) is 62.3. The van der Waals surface area contributed by atoms with Gasteiger partial charge in [-0.3, -0.25) is 9.59 Å². The van der Waals surface area contributed by atoms with Crippen LogP contribution in [0.2, 0.25) is 0 Å². The zero-order chi connectivity index (χ0) is 44.5. The molecule has 0 aromatic rings. The van der Waals surface area contributed by atoms with E-state index in [0.29, 0.717) is 19.3 Å². The Balaban J connectivity index is 4.72. The molecule has 1 amide bonds. The highest BCUT2D eigenvalue weighted by Gasteiger charge is 2.24. The number of amides is 1. The third-order valence-corrected chi connectivity index (χ3v) is 11.0. The molecule has 0 saturated carbocycles. The van der Waals surface area contributed by atoms with Crippen molar-refractivity contribution in [1.29, 1.82) is 0 Å². The fraction of sp³-hybridized carbons (Fsp3) is 0.709. The first-order valence-electron chi connectivity index (χ1n) is 25.3. The minimum Gasteiger partial charge on any atom is -0.462 e. The van der Waals surface area contributed by atoms with Crippen molar-refractivity contribution in [1.82, 2.24) is 5.32 Å². The highest BCUT2D eigenvalue weighted by atomic mass is 16.5. The Morgan fingerprint density at radius 1 is 0.492 bits per heavy atom. The summed E-state index contributed by atoms with van der Waals surface area (Å²) in [5, 5.41) is 23.6. The van der Waals surface area contributed by atoms with E-state index in [1.165, 1.54) is 83.5 Å². The highest BCUT2D eigenvalue weighted by Crippen LogP contribution is 2.16. The molecule has 0 aliphatic rings. The maximum absolute atomic E-state index is 13.2. The van der Waals surface area contributed by atoms with E-state index in [2.05, 4.69) is 105 Å². The van der Waals surface area contributed by atoms with Gasteiger partial charge in [0.25, 0.3) is 0 Å². The third-order valence-electron chi connectivity index (χ3n) is 11.0. The lowest BCUT2D eigenvalue weighted by molar-refractivity contribution is -0.150. The van der Waals surface area contributed by atoms with Crippen LogP contribution in [0, 0.1) is 0 Å². The van der Waals surface area contributed by atoms with Crippen LogP contribution in [0.1, 0.15) is 226 Å². The Hall–Kier alpha value is -2.96. The van der Waals surface area contributed by atoms with Crippen molar-refractivity contribution in [2.45, 2.75) is 244 Å².